The molecule has 1 heterocycles. The van der Waals surface area contributed by atoms with Gasteiger partial charge < -0.3 is 9.88 Å². The van der Waals surface area contributed by atoms with Crippen molar-refractivity contribution in [3.05, 3.63) is 44.9 Å². The second-order valence-corrected chi connectivity index (χ2v) is 5.46. The first-order valence-electron chi connectivity index (χ1n) is 5.50. The molecule has 0 amide bonds. The molecule has 0 saturated heterocycles. The number of anilines is 1. The minimum Gasteiger partial charge on any atom is -0.375 e. The predicted molar refractivity (Wildman–Crippen MR) is 79.4 cm³/mol. The van der Waals surface area contributed by atoms with Crippen LogP contribution in [0.5, 0.6) is 0 Å². The van der Waals surface area contributed by atoms with Crippen LogP contribution in [0, 0.1) is 0 Å². The Bertz CT molecular complexity index is 531. The van der Waals surface area contributed by atoms with Gasteiger partial charge in [0.1, 0.15) is 5.82 Å². The number of rotatable bonds is 4. The van der Waals surface area contributed by atoms with Crippen molar-refractivity contribution < 1.29 is 0 Å². The zero-order valence-corrected chi connectivity index (χ0v) is 12.8. The number of imidazole rings is 1. The molecule has 1 aromatic heterocycles. The first-order valence-corrected chi connectivity index (χ1v) is 7.05. The zero-order valence-electron chi connectivity index (χ0n) is 9.75. The minimum atomic E-state index is 0.585. The van der Waals surface area contributed by atoms with E-state index in [2.05, 4.69) is 37.7 Å². The number of hydrogen-bond acceptors (Lipinski definition) is 2. The van der Waals surface area contributed by atoms with Gasteiger partial charge in [0.25, 0.3) is 0 Å². The summed E-state index contributed by atoms with van der Waals surface area (Å²) in [4.78, 5) is 4.28. The molecule has 0 saturated carbocycles. The van der Waals surface area contributed by atoms with Crippen LogP contribution in [0.25, 0.3) is 0 Å². The predicted octanol–water partition coefficient (Wildman–Crippen LogP) is 4.58. The Balaban J connectivity index is 2.16. The van der Waals surface area contributed by atoms with Gasteiger partial charge in [-0.15, -0.1) is 0 Å². The van der Waals surface area contributed by atoms with Crippen molar-refractivity contribution in [1.82, 2.24) is 9.55 Å². The molecule has 2 aromatic rings. The largest absolute Gasteiger partial charge is 0.375 e. The summed E-state index contributed by atoms with van der Waals surface area (Å²) in [7, 11) is 0. The second-order valence-electron chi connectivity index (χ2n) is 3.73. The van der Waals surface area contributed by atoms with Crippen molar-refractivity contribution in [3.8, 4) is 0 Å². The van der Waals surface area contributed by atoms with Crippen LogP contribution in [0.15, 0.2) is 29.0 Å². The van der Waals surface area contributed by atoms with Crippen LogP contribution in [-0.2, 0) is 13.1 Å². The molecule has 0 aliphatic heterocycles. The summed E-state index contributed by atoms with van der Waals surface area (Å²) in [5.74, 6) is 0.951. The fourth-order valence-electron chi connectivity index (χ4n) is 1.67. The standard InChI is InChI=1S/C12H12BrCl2N3/c1-2-18-4-3-16-11(18)7-17-12-9(14)5-8(13)6-10(12)15/h3-6,17H,2,7H2,1H3. The van der Waals surface area contributed by atoms with Crippen LogP contribution < -0.4 is 5.32 Å². The van der Waals surface area contributed by atoms with E-state index in [0.29, 0.717) is 16.6 Å². The lowest BCUT2D eigenvalue weighted by atomic mass is 10.3. The van der Waals surface area contributed by atoms with Crippen molar-refractivity contribution in [2.45, 2.75) is 20.0 Å². The van der Waals surface area contributed by atoms with E-state index in [1.807, 2.05) is 18.3 Å². The number of benzene rings is 1. The third-order valence-electron chi connectivity index (χ3n) is 2.57. The molecular formula is C12H12BrCl2N3. The highest BCUT2D eigenvalue weighted by Gasteiger charge is 2.08. The van der Waals surface area contributed by atoms with Crippen LogP contribution in [0.1, 0.15) is 12.7 Å². The number of nitrogens with one attached hydrogen (secondary N) is 1. The van der Waals surface area contributed by atoms with E-state index in [0.717, 1.165) is 22.5 Å². The molecule has 18 heavy (non-hydrogen) atoms. The number of aryl methyl sites for hydroxylation is 1. The SMILES string of the molecule is CCn1ccnc1CNc1c(Cl)cc(Br)cc1Cl. The van der Waals surface area contributed by atoms with Gasteiger partial charge in [0.05, 0.1) is 22.3 Å². The maximum Gasteiger partial charge on any atom is 0.128 e. The molecule has 0 atom stereocenters. The average molecular weight is 349 g/mol. The third kappa shape index (κ3) is 2.99. The normalized spacial score (nSPS) is 10.7. The van der Waals surface area contributed by atoms with Gasteiger partial charge in [-0.3, -0.25) is 0 Å². The van der Waals surface area contributed by atoms with E-state index in [9.17, 15) is 0 Å². The minimum absolute atomic E-state index is 0.585. The number of halogens is 3. The molecule has 0 aliphatic rings. The highest BCUT2D eigenvalue weighted by Crippen LogP contribution is 2.33. The van der Waals surface area contributed by atoms with Crippen molar-refractivity contribution in [3.63, 3.8) is 0 Å². The summed E-state index contributed by atoms with van der Waals surface area (Å²) < 4.78 is 2.92. The Labute approximate surface area is 124 Å². The van der Waals surface area contributed by atoms with Crippen LogP contribution in [0.3, 0.4) is 0 Å². The van der Waals surface area contributed by atoms with E-state index < -0.39 is 0 Å². The van der Waals surface area contributed by atoms with Crippen molar-refractivity contribution in [2.75, 3.05) is 5.32 Å². The van der Waals surface area contributed by atoms with E-state index in [4.69, 9.17) is 23.2 Å². The Morgan fingerprint density at radius 1 is 1.33 bits per heavy atom. The second kappa shape index (κ2) is 5.95. The maximum atomic E-state index is 6.14. The molecule has 96 valence electrons. The Morgan fingerprint density at radius 2 is 2.00 bits per heavy atom. The summed E-state index contributed by atoms with van der Waals surface area (Å²) in [6.07, 6.45) is 3.73. The lowest BCUT2D eigenvalue weighted by Crippen LogP contribution is -2.08. The molecule has 0 bridgehead atoms. The summed E-state index contributed by atoms with van der Waals surface area (Å²) >= 11 is 15.6. The van der Waals surface area contributed by atoms with Crippen molar-refractivity contribution in [2.24, 2.45) is 0 Å². The molecule has 0 fully saturated rings. The Kier molecular flexibility index (Phi) is 4.54. The lowest BCUT2D eigenvalue weighted by Gasteiger charge is -2.11. The van der Waals surface area contributed by atoms with Gasteiger partial charge in [-0.05, 0) is 19.1 Å². The molecule has 0 unspecified atom stereocenters. The Morgan fingerprint density at radius 3 is 2.61 bits per heavy atom. The number of aromatic nitrogens is 2. The number of hydrogen-bond donors (Lipinski definition) is 1. The quantitative estimate of drug-likeness (QED) is 0.876. The highest BCUT2D eigenvalue weighted by molar-refractivity contribution is 9.10. The first-order chi connectivity index (χ1) is 8.61. The smallest absolute Gasteiger partial charge is 0.128 e. The molecule has 1 aromatic carbocycles. The summed E-state index contributed by atoms with van der Waals surface area (Å²) in [5, 5.41) is 4.39. The van der Waals surface area contributed by atoms with Crippen molar-refractivity contribution in [1.29, 1.82) is 0 Å². The van der Waals surface area contributed by atoms with Gasteiger partial charge in [-0.2, -0.15) is 0 Å². The fraction of sp³-hybridized carbons (Fsp3) is 0.250. The molecule has 2 rings (SSSR count). The third-order valence-corrected chi connectivity index (χ3v) is 3.63. The molecular weight excluding hydrogens is 337 g/mol. The van der Waals surface area contributed by atoms with Crippen LogP contribution >= 0.6 is 39.1 Å². The monoisotopic (exact) mass is 347 g/mol. The van der Waals surface area contributed by atoms with Crippen molar-refractivity contribution >= 4 is 44.8 Å². The molecule has 3 nitrogen and oxygen atoms in total. The van der Waals surface area contributed by atoms with Gasteiger partial charge in [0.15, 0.2) is 0 Å². The zero-order chi connectivity index (χ0) is 13.1. The molecule has 0 spiro atoms. The molecule has 0 aliphatic carbocycles. The van der Waals surface area contributed by atoms with Gasteiger partial charge in [0.2, 0.25) is 0 Å². The summed E-state index contributed by atoms with van der Waals surface area (Å²) in [6, 6.07) is 3.62. The molecule has 0 radical (unpaired) electrons. The summed E-state index contributed by atoms with van der Waals surface area (Å²) in [5.41, 5.74) is 0.729. The van der Waals surface area contributed by atoms with Gasteiger partial charge in [0, 0.05) is 23.4 Å². The molecule has 1 N–H and O–H groups in total. The molecule has 6 heteroatoms. The van der Waals surface area contributed by atoms with Gasteiger partial charge in [-0.25, -0.2) is 4.98 Å². The van der Waals surface area contributed by atoms with E-state index in [1.54, 1.807) is 6.20 Å². The summed E-state index contributed by atoms with van der Waals surface area (Å²) in [6.45, 7) is 3.55. The lowest BCUT2D eigenvalue weighted by molar-refractivity contribution is 0.708. The van der Waals surface area contributed by atoms with Gasteiger partial charge >= 0.3 is 0 Å². The first kappa shape index (κ1) is 13.7. The highest BCUT2D eigenvalue weighted by atomic mass is 79.9. The Hall–Kier alpha value is -0.710. The fourth-order valence-corrected chi connectivity index (χ4v) is 3.02. The number of nitrogens with zero attached hydrogens (tertiary/aromatic N) is 2. The van der Waals surface area contributed by atoms with Crippen LogP contribution in [0.2, 0.25) is 10.0 Å². The van der Waals surface area contributed by atoms with E-state index in [1.165, 1.54) is 0 Å². The van der Waals surface area contributed by atoms with Gasteiger partial charge in [-0.1, -0.05) is 39.1 Å². The maximum absolute atomic E-state index is 6.14. The van der Waals surface area contributed by atoms with Crippen LogP contribution in [0.4, 0.5) is 5.69 Å². The topological polar surface area (TPSA) is 29.9 Å². The van der Waals surface area contributed by atoms with E-state index in [-0.39, 0.29) is 0 Å². The van der Waals surface area contributed by atoms with E-state index >= 15 is 0 Å². The average Bonchev–Trinajstić information content (AvgIpc) is 2.75. The van der Waals surface area contributed by atoms with Crippen LogP contribution in [-0.4, -0.2) is 9.55 Å².